The van der Waals surface area contributed by atoms with Gasteiger partial charge in [0, 0.05) is 17.8 Å². The Hall–Kier alpha value is -2.40. The maximum Gasteiger partial charge on any atom is 0.251 e. The number of aromatic nitrogens is 1. The molecule has 23 heavy (non-hydrogen) atoms. The maximum absolute atomic E-state index is 12.1. The molecule has 122 valence electrons. The fourth-order valence-electron chi connectivity index (χ4n) is 2.08. The summed E-state index contributed by atoms with van der Waals surface area (Å²) in [7, 11) is 1.90. The molecule has 1 aromatic heterocycles. The molecule has 1 heterocycles. The second kappa shape index (κ2) is 8.90. The number of hydrogen-bond acceptors (Lipinski definition) is 4. The first-order valence-electron chi connectivity index (χ1n) is 7.76. The maximum atomic E-state index is 12.1. The monoisotopic (exact) mass is 313 g/mol. The molecular weight excluding hydrogens is 290 g/mol. The lowest BCUT2D eigenvalue weighted by Gasteiger charge is -2.09. The van der Waals surface area contributed by atoms with Crippen molar-refractivity contribution in [2.75, 3.05) is 20.1 Å². The smallest absolute Gasteiger partial charge is 0.251 e. The van der Waals surface area contributed by atoms with Gasteiger partial charge in [-0.15, -0.1) is 0 Å². The van der Waals surface area contributed by atoms with E-state index in [1.54, 1.807) is 6.20 Å². The van der Waals surface area contributed by atoms with E-state index in [1.165, 1.54) is 0 Å². The summed E-state index contributed by atoms with van der Waals surface area (Å²) in [5.74, 6) is 0.664. The van der Waals surface area contributed by atoms with Crippen molar-refractivity contribution in [3.63, 3.8) is 0 Å². The Kier molecular flexibility index (Phi) is 6.56. The highest BCUT2D eigenvalue weighted by atomic mass is 16.5. The van der Waals surface area contributed by atoms with Crippen LogP contribution in [0, 0.1) is 6.92 Å². The van der Waals surface area contributed by atoms with Crippen molar-refractivity contribution in [3.05, 3.63) is 59.4 Å². The Balaban J connectivity index is 1.88. The van der Waals surface area contributed by atoms with Crippen LogP contribution in [0.1, 0.15) is 28.0 Å². The van der Waals surface area contributed by atoms with E-state index in [-0.39, 0.29) is 5.91 Å². The zero-order chi connectivity index (χ0) is 16.5. The summed E-state index contributed by atoms with van der Waals surface area (Å²) >= 11 is 0. The second-order valence-corrected chi connectivity index (χ2v) is 5.34. The van der Waals surface area contributed by atoms with Gasteiger partial charge in [-0.1, -0.05) is 12.1 Å². The summed E-state index contributed by atoms with van der Waals surface area (Å²) in [5, 5.41) is 5.96. The average Bonchev–Trinajstić information content (AvgIpc) is 2.58. The molecule has 0 saturated heterocycles. The minimum atomic E-state index is -0.0556. The number of aryl methyl sites for hydroxylation is 1. The summed E-state index contributed by atoms with van der Waals surface area (Å²) in [6, 6.07) is 11.3. The van der Waals surface area contributed by atoms with Gasteiger partial charge in [-0.2, -0.15) is 0 Å². The van der Waals surface area contributed by atoms with E-state index in [2.05, 4.69) is 15.6 Å². The minimum Gasteiger partial charge on any atom is -0.487 e. The molecule has 0 radical (unpaired) electrons. The van der Waals surface area contributed by atoms with Gasteiger partial charge in [0.25, 0.3) is 5.91 Å². The molecule has 2 N–H and O–H groups in total. The molecule has 5 heteroatoms. The standard InChI is InChI=1S/C18H23N3O2/c1-14-7-8-17(12-21-14)23-13-15-5-3-6-16(11-15)18(22)20-10-4-9-19-2/h3,5-8,11-12,19H,4,9-10,13H2,1-2H3,(H,20,22). The molecule has 0 aliphatic heterocycles. The number of rotatable bonds is 8. The fraction of sp³-hybridized carbons (Fsp3) is 0.333. The molecule has 2 rings (SSSR count). The minimum absolute atomic E-state index is 0.0556. The molecule has 0 saturated carbocycles. The molecule has 0 bridgehead atoms. The highest BCUT2D eigenvalue weighted by Gasteiger charge is 2.06. The van der Waals surface area contributed by atoms with E-state index in [4.69, 9.17) is 4.74 Å². The Bertz CT molecular complexity index is 626. The summed E-state index contributed by atoms with van der Waals surface area (Å²) in [4.78, 5) is 16.3. The Morgan fingerprint density at radius 2 is 2.09 bits per heavy atom. The van der Waals surface area contributed by atoms with Gasteiger partial charge in [-0.25, -0.2) is 0 Å². The third-order valence-electron chi connectivity index (χ3n) is 3.37. The molecule has 5 nitrogen and oxygen atoms in total. The van der Waals surface area contributed by atoms with Crippen molar-refractivity contribution in [2.24, 2.45) is 0 Å². The highest BCUT2D eigenvalue weighted by molar-refractivity contribution is 5.94. The molecule has 0 spiro atoms. The quantitative estimate of drug-likeness (QED) is 0.734. The van der Waals surface area contributed by atoms with E-state index < -0.39 is 0 Å². The first-order chi connectivity index (χ1) is 11.2. The molecule has 0 fully saturated rings. The van der Waals surface area contributed by atoms with Crippen LogP contribution in [-0.2, 0) is 6.61 Å². The molecule has 0 unspecified atom stereocenters. The van der Waals surface area contributed by atoms with Gasteiger partial charge in [0.1, 0.15) is 12.4 Å². The number of nitrogens with one attached hydrogen (secondary N) is 2. The predicted octanol–water partition coefficient (Wildman–Crippen LogP) is 2.31. The topological polar surface area (TPSA) is 63.2 Å². The van der Waals surface area contributed by atoms with E-state index in [9.17, 15) is 4.79 Å². The van der Waals surface area contributed by atoms with Crippen molar-refractivity contribution < 1.29 is 9.53 Å². The predicted molar refractivity (Wildman–Crippen MR) is 90.6 cm³/mol. The van der Waals surface area contributed by atoms with Crippen molar-refractivity contribution in [1.82, 2.24) is 15.6 Å². The lowest BCUT2D eigenvalue weighted by Crippen LogP contribution is -2.26. The molecule has 0 aliphatic carbocycles. The largest absolute Gasteiger partial charge is 0.487 e. The Morgan fingerprint density at radius 3 is 2.83 bits per heavy atom. The van der Waals surface area contributed by atoms with Gasteiger partial charge in [0.05, 0.1) is 6.20 Å². The first-order valence-corrected chi connectivity index (χ1v) is 7.76. The van der Waals surface area contributed by atoms with E-state index in [1.807, 2.05) is 50.4 Å². The van der Waals surface area contributed by atoms with Crippen molar-refractivity contribution in [1.29, 1.82) is 0 Å². The number of nitrogens with zero attached hydrogens (tertiary/aromatic N) is 1. The van der Waals surface area contributed by atoms with Crippen LogP contribution in [0.2, 0.25) is 0 Å². The number of hydrogen-bond donors (Lipinski definition) is 2. The van der Waals surface area contributed by atoms with E-state index in [0.717, 1.165) is 30.0 Å². The summed E-state index contributed by atoms with van der Waals surface area (Å²) in [5.41, 5.74) is 2.56. The summed E-state index contributed by atoms with van der Waals surface area (Å²) < 4.78 is 5.69. The fourth-order valence-corrected chi connectivity index (χ4v) is 2.08. The average molecular weight is 313 g/mol. The van der Waals surface area contributed by atoms with Crippen LogP contribution < -0.4 is 15.4 Å². The third-order valence-corrected chi connectivity index (χ3v) is 3.37. The van der Waals surface area contributed by atoms with Crippen LogP contribution in [-0.4, -0.2) is 31.0 Å². The Labute approximate surface area is 137 Å². The Morgan fingerprint density at radius 1 is 1.22 bits per heavy atom. The molecule has 0 aliphatic rings. The van der Waals surface area contributed by atoms with Crippen molar-refractivity contribution >= 4 is 5.91 Å². The number of ether oxygens (including phenoxy) is 1. The van der Waals surface area contributed by atoms with Crippen LogP contribution >= 0.6 is 0 Å². The zero-order valence-electron chi connectivity index (χ0n) is 13.6. The second-order valence-electron chi connectivity index (χ2n) is 5.34. The van der Waals surface area contributed by atoms with Crippen LogP contribution in [0.5, 0.6) is 5.75 Å². The lowest BCUT2D eigenvalue weighted by molar-refractivity contribution is 0.0953. The summed E-state index contributed by atoms with van der Waals surface area (Å²) in [6.07, 6.45) is 2.61. The van der Waals surface area contributed by atoms with Gasteiger partial charge in [-0.3, -0.25) is 9.78 Å². The number of pyridine rings is 1. The van der Waals surface area contributed by atoms with Gasteiger partial charge >= 0.3 is 0 Å². The van der Waals surface area contributed by atoms with E-state index >= 15 is 0 Å². The number of carbonyl (C=O) groups is 1. The van der Waals surface area contributed by atoms with Crippen LogP contribution in [0.3, 0.4) is 0 Å². The normalized spacial score (nSPS) is 10.3. The first kappa shape index (κ1) is 17.0. The third kappa shape index (κ3) is 5.71. The van der Waals surface area contributed by atoms with Gasteiger partial charge in [0.2, 0.25) is 0 Å². The zero-order valence-corrected chi connectivity index (χ0v) is 13.6. The van der Waals surface area contributed by atoms with Crippen molar-refractivity contribution in [2.45, 2.75) is 20.0 Å². The van der Waals surface area contributed by atoms with Gasteiger partial charge in [-0.05, 0) is 56.8 Å². The molecular formula is C18H23N3O2. The van der Waals surface area contributed by atoms with Crippen molar-refractivity contribution in [3.8, 4) is 5.75 Å². The SMILES string of the molecule is CNCCCNC(=O)c1cccc(COc2ccc(C)nc2)c1. The molecule has 1 aromatic carbocycles. The van der Waals surface area contributed by atoms with E-state index in [0.29, 0.717) is 18.7 Å². The van der Waals surface area contributed by atoms with Crippen LogP contribution in [0.15, 0.2) is 42.6 Å². The molecule has 1 amide bonds. The van der Waals surface area contributed by atoms with Crippen LogP contribution in [0.25, 0.3) is 0 Å². The lowest BCUT2D eigenvalue weighted by atomic mass is 10.1. The highest BCUT2D eigenvalue weighted by Crippen LogP contribution is 2.12. The van der Waals surface area contributed by atoms with Crippen LogP contribution in [0.4, 0.5) is 0 Å². The number of benzene rings is 1. The number of carbonyl (C=O) groups excluding carboxylic acids is 1. The summed E-state index contributed by atoms with van der Waals surface area (Å²) in [6.45, 7) is 3.89. The molecule has 2 aromatic rings. The molecule has 0 atom stereocenters. The van der Waals surface area contributed by atoms with Gasteiger partial charge < -0.3 is 15.4 Å². The number of amides is 1. The van der Waals surface area contributed by atoms with Gasteiger partial charge in [0.15, 0.2) is 0 Å².